The second-order valence-electron chi connectivity index (χ2n) is 5.34. The Kier molecular flexibility index (Phi) is 4.68. The molecular formula is C15H22BrNO. The molecule has 1 aromatic rings. The van der Waals surface area contributed by atoms with Crippen LogP contribution in [0.15, 0.2) is 22.7 Å². The Bertz CT molecular complexity index is 403. The van der Waals surface area contributed by atoms with Crippen molar-refractivity contribution in [2.45, 2.75) is 32.7 Å². The van der Waals surface area contributed by atoms with Crippen molar-refractivity contribution >= 4 is 15.9 Å². The van der Waals surface area contributed by atoms with Gasteiger partial charge in [0.15, 0.2) is 0 Å². The predicted octanol–water partition coefficient (Wildman–Crippen LogP) is 4.15. The Morgan fingerprint density at radius 2 is 2.11 bits per heavy atom. The zero-order chi connectivity index (χ0) is 13.1. The van der Waals surface area contributed by atoms with Crippen LogP contribution in [0.3, 0.4) is 0 Å². The molecule has 0 aliphatic heterocycles. The minimum Gasteiger partial charge on any atom is -0.496 e. The molecule has 3 heteroatoms. The lowest BCUT2D eigenvalue weighted by Crippen LogP contribution is -2.25. The lowest BCUT2D eigenvalue weighted by Gasteiger charge is -2.18. The summed E-state index contributed by atoms with van der Waals surface area (Å²) in [4.78, 5) is 0. The smallest absolute Gasteiger partial charge is 0.133 e. The average molecular weight is 312 g/mol. The van der Waals surface area contributed by atoms with E-state index in [-0.39, 0.29) is 0 Å². The summed E-state index contributed by atoms with van der Waals surface area (Å²) in [5, 5.41) is 3.62. The molecule has 2 nitrogen and oxygen atoms in total. The molecule has 0 aromatic heterocycles. The molecule has 18 heavy (non-hydrogen) atoms. The number of methoxy groups -OCH3 is 1. The Morgan fingerprint density at radius 3 is 2.67 bits per heavy atom. The average Bonchev–Trinajstić information content (AvgIpc) is 3.19. The molecule has 100 valence electrons. The number of halogens is 1. The van der Waals surface area contributed by atoms with Gasteiger partial charge in [0.25, 0.3) is 0 Å². The summed E-state index contributed by atoms with van der Waals surface area (Å²) in [6.07, 6.45) is 2.84. The minimum absolute atomic E-state index is 0.383. The molecule has 1 saturated carbocycles. The molecule has 1 fully saturated rings. The van der Waals surface area contributed by atoms with Crippen molar-refractivity contribution in [1.82, 2.24) is 5.32 Å². The highest BCUT2D eigenvalue weighted by Gasteiger charge is 2.27. The molecule has 0 saturated heterocycles. The van der Waals surface area contributed by atoms with Crippen molar-refractivity contribution in [2.75, 3.05) is 13.7 Å². The van der Waals surface area contributed by atoms with E-state index >= 15 is 0 Å². The Hall–Kier alpha value is -0.540. The van der Waals surface area contributed by atoms with Gasteiger partial charge in [-0.25, -0.2) is 0 Å². The summed E-state index contributed by atoms with van der Waals surface area (Å²) >= 11 is 3.54. The number of benzene rings is 1. The van der Waals surface area contributed by atoms with Crippen LogP contribution >= 0.6 is 15.9 Å². The third-order valence-electron chi connectivity index (χ3n) is 3.85. The molecule has 1 N–H and O–H groups in total. The second kappa shape index (κ2) is 6.07. The molecule has 1 aliphatic rings. The SMILES string of the molecule is COc1ccc(C(C)NCC(C)C2CC2)cc1Br. The summed E-state index contributed by atoms with van der Waals surface area (Å²) < 4.78 is 6.27. The number of hydrogen-bond donors (Lipinski definition) is 1. The van der Waals surface area contributed by atoms with Gasteiger partial charge < -0.3 is 10.1 Å². The van der Waals surface area contributed by atoms with Gasteiger partial charge >= 0.3 is 0 Å². The Morgan fingerprint density at radius 1 is 1.39 bits per heavy atom. The maximum atomic E-state index is 5.25. The standard InChI is InChI=1S/C15H22BrNO/c1-10(12-4-5-12)9-17-11(2)13-6-7-15(18-3)14(16)8-13/h6-8,10-12,17H,4-5,9H2,1-3H3. The van der Waals surface area contributed by atoms with E-state index in [0.717, 1.165) is 28.6 Å². The maximum Gasteiger partial charge on any atom is 0.133 e. The van der Waals surface area contributed by atoms with Crippen LogP contribution in [0.25, 0.3) is 0 Å². The highest BCUT2D eigenvalue weighted by atomic mass is 79.9. The van der Waals surface area contributed by atoms with Crippen molar-refractivity contribution in [3.05, 3.63) is 28.2 Å². The monoisotopic (exact) mass is 311 g/mol. The maximum absolute atomic E-state index is 5.25. The van der Waals surface area contributed by atoms with Crippen LogP contribution in [-0.4, -0.2) is 13.7 Å². The van der Waals surface area contributed by atoms with E-state index < -0.39 is 0 Å². The first-order valence-corrected chi connectivity index (χ1v) is 7.48. The van der Waals surface area contributed by atoms with E-state index in [9.17, 15) is 0 Å². The summed E-state index contributed by atoms with van der Waals surface area (Å²) in [6, 6.07) is 6.66. The molecule has 2 rings (SSSR count). The summed E-state index contributed by atoms with van der Waals surface area (Å²) in [6.45, 7) is 5.67. The molecule has 0 heterocycles. The van der Waals surface area contributed by atoms with Crippen molar-refractivity contribution in [3.8, 4) is 5.75 Å². The van der Waals surface area contributed by atoms with Crippen LogP contribution in [0, 0.1) is 11.8 Å². The van der Waals surface area contributed by atoms with Gasteiger partial charge in [-0.05, 0) is 71.8 Å². The predicted molar refractivity (Wildman–Crippen MR) is 79.0 cm³/mol. The molecule has 2 unspecified atom stereocenters. The molecule has 1 aromatic carbocycles. The van der Waals surface area contributed by atoms with Crippen LogP contribution < -0.4 is 10.1 Å². The molecule has 0 amide bonds. The zero-order valence-corrected chi connectivity index (χ0v) is 13.0. The highest BCUT2D eigenvalue weighted by molar-refractivity contribution is 9.10. The van der Waals surface area contributed by atoms with E-state index in [1.807, 2.05) is 6.07 Å². The lowest BCUT2D eigenvalue weighted by molar-refractivity contribution is 0.410. The van der Waals surface area contributed by atoms with Gasteiger partial charge in [-0.2, -0.15) is 0 Å². The topological polar surface area (TPSA) is 21.3 Å². The molecule has 0 spiro atoms. The molecule has 2 atom stereocenters. The van der Waals surface area contributed by atoms with Crippen molar-refractivity contribution in [1.29, 1.82) is 0 Å². The normalized spacial score (nSPS) is 18.4. The molecule has 0 bridgehead atoms. The van der Waals surface area contributed by atoms with E-state index in [4.69, 9.17) is 4.74 Å². The molecule has 0 radical (unpaired) electrons. The van der Waals surface area contributed by atoms with Crippen molar-refractivity contribution in [3.63, 3.8) is 0 Å². The third-order valence-corrected chi connectivity index (χ3v) is 4.47. The van der Waals surface area contributed by atoms with Crippen LogP contribution in [0.4, 0.5) is 0 Å². The van der Waals surface area contributed by atoms with Gasteiger partial charge in [-0.15, -0.1) is 0 Å². The summed E-state index contributed by atoms with van der Waals surface area (Å²) in [5.74, 6) is 2.65. The number of hydrogen-bond acceptors (Lipinski definition) is 2. The van der Waals surface area contributed by atoms with Gasteiger partial charge in [0.05, 0.1) is 11.6 Å². The van der Waals surface area contributed by atoms with Crippen LogP contribution in [0.1, 0.15) is 38.3 Å². The summed E-state index contributed by atoms with van der Waals surface area (Å²) in [5.41, 5.74) is 1.30. The van der Waals surface area contributed by atoms with Crippen LogP contribution in [0.2, 0.25) is 0 Å². The number of rotatable bonds is 6. The van der Waals surface area contributed by atoms with E-state index in [1.54, 1.807) is 7.11 Å². The third kappa shape index (κ3) is 3.48. The molecule has 1 aliphatic carbocycles. The fraction of sp³-hybridized carbons (Fsp3) is 0.600. The zero-order valence-electron chi connectivity index (χ0n) is 11.4. The largest absolute Gasteiger partial charge is 0.496 e. The first-order valence-electron chi connectivity index (χ1n) is 6.68. The Balaban J connectivity index is 1.91. The fourth-order valence-corrected chi connectivity index (χ4v) is 2.82. The van der Waals surface area contributed by atoms with Crippen molar-refractivity contribution < 1.29 is 4.74 Å². The van der Waals surface area contributed by atoms with Gasteiger partial charge in [0.1, 0.15) is 5.75 Å². The van der Waals surface area contributed by atoms with Gasteiger partial charge in [-0.3, -0.25) is 0 Å². The lowest BCUT2D eigenvalue weighted by atomic mass is 10.0. The second-order valence-corrected chi connectivity index (χ2v) is 6.19. The van der Waals surface area contributed by atoms with Crippen LogP contribution in [0.5, 0.6) is 5.75 Å². The first kappa shape index (κ1) is 13.9. The summed E-state index contributed by atoms with van der Waals surface area (Å²) in [7, 11) is 1.69. The number of ether oxygens (including phenoxy) is 1. The Labute approximate surface area is 118 Å². The minimum atomic E-state index is 0.383. The van der Waals surface area contributed by atoms with E-state index in [2.05, 4.69) is 47.2 Å². The highest BCUT2D eigenvalue weighted by Crippen LogP contribution is 2.36. The quantitative estimate of drug-likeness (QED) is 0.852. The fourth-order valence-electron chi connectivity index (χ4n) is 2.26. The molecular weight excluding hydrogens is 290 g/mol. The van der Waals surface area contributed by atoms with Gasteiger partial charge in [0.2, 0.25) is 0 Å². The van der Waals surface area contributed by atoms with Gasteiger partial charge in [0, 0.05) is 6.04 Å². The van der Waals surface area contributed by atoms with E-state index in [1.165, 1.54) is 18.4 Å². The number of nitrogens with one attached hydrogen (secondary N) is 1. The van der Waals surface area contributed by atoms with E-state index in [0.29, 0.717) is 6.04 Å². The van der Waals surface area contributed by atoms with Gasteiger partial charge in [-0.1, -0.05) is 13.0 Å². The van der Waals surface area contributed by atoms with Crippen LogP contribution in [-0.2, 0) is 0 Å². The van der Waals surface area contributed by atoms with Crippen molar-refractivity contribution in [2.24, 2.45) is 11.8 Å². The first-order chi connectivity index (χ1) is 8.61.